The number of unbranched alkanes of at least 4 members (excludes halogenated alkanes) is 5. The van der Waals surface area contributed by atoms with Crippen LogP contribution in [-0.2, 0) is 0 Å². The highest BCUT2D eigenvalue weighted by Gasteiger charge is 2.22. The predicted molar refractivity (Wildman–Crippen MR) is 66.6 cm³/mol. The maximum absolute atomic E-state index is 9.19. The summed E-state index contributed by atoms with van der Waals surface area (Å²) in [5.41, 5.74) is -0.0527. The molecule has 0 saturated carbocycles. The van der Waals surface area contributed by atoms with Gasteiger partial charge < -0.3 is 0 Å². The molecule has 1 atom stereocenters. The van der Waals surface area contributed by atoms with Crippen molar-refractivity contribution in [3.8, 4) is 6.07 Å². The molecule has 0 amide bonds. The Morgan fingerprint density at radius 2 is 1.33 bits per heavy atom. The van der Waals surface area contributed by atoms with Gasteiger partial charge in [0.1, 0.15) is 0 Å². The van der Waals surface area contributed by atoms with Crippen LogP contribution in [0.1, 0.15) is 78.6 Å². The summed E-state index contributed by atoms with van der Waals surface area (Å²) in [7, 11) is 0. The first-order valence-corrected chi connectivity index (χ1v) is 6.59. The molecule has 0 rings (SSSR count). The van der Waals surface area contributed by atoms with Gasteiger partial charge in [0, 0.05) is 0 Å². The van der Waals surface area contributed by atoms with Crippen LogP contribution < -0.4 is 0 Å². The number of rotatable bonds is 9. The van der Waals surface area contributed by atoms with Crippen molar-refractivity contribution in [1.82, 2.24) is 0 Å². The summed E-state index contributed by atoms with van der Waals surface area (Å²) in [6.45, 7) is 6.57. The van der Waals surface area contributed by atoms with Gasteiger partial charge in [0.15, 0.2) is 0 Å². The zero-order valence-corrected chi connectivity index (χ0v) is 10.8. The zero-order valence-electron chi connectivity index (χ0n) is 10.8. The first-order chi connectivity index (χ1) is 7.18. The Bertz CT molecular complexity index is 180. The average molecular weight is 209 g/mol. The Hall–Kier alpha value is -0.510. The summed E-state index contributed by atoms with van der Waals surface area (Å²) >= 11 is 0. The molecule has 88 valence electrons. The van der Waals surface area contributed by atoms with Crippen molar-refractivity contribution in [3.63, 3.8) is 0 Å². The van der Waals surface area contributed by atoms with Crippen molar-refractivity contribution in [2.24, 2.45) is 5.41 Å². The SMILES string of the molecule is CCCCCCC(C)(C#N)CCCCC. The highest BCUT2D eigenvalue weighted by Crippen LogP contribution is 2.30. The van der Waals surface area contributed by atoms with E-state index in [1.165, 1.54) is 44.9 Å². The molecule has 1 nitrogen and oxygen atoms in total. The van der Waals surface area contributed by atoms with Crippen molar-refractivity contribution in [2.75, 3.05) is 0 Å². The fourth-order valence-electron chi connectivity index (χ4n) is 1.94. The van der Waals surface area contributed by atoms with Crippen molar-refractivity contribution in [1.29, 1.82) is 5.26 Å². The third-order valence-corrected chi connectivity index (χ3v) is 3.18. The Balaban J connectivity index is 3.71. The molecule has 0 aromatic rings. The molecule has 15 heavy (non-hydrogen) atoms. The second-order valence-corrected chi connectivity index (χ2v) is 4.94. The van der Waals surface area contributed by atoms with Crippen LogP contribution in [0.4, 0.5) is 0 Å². The van der Waals surface area contributed by atoms with Gasteiger partial charge >= 0.3 is 0 Å². The Kier molecular flexibility index (Phi) is 8.47. The number of hydrogen-bond donors (Lipinski definition) is 0. The minimum Gasteiger partial charge on any atom is -0.198 e. The molecular weight excluding hydrogens is 182 g/mol. The van der Waals surface area contributed by atoms with Crippen LogP contribution in [0.2, 0.25) is 0 Å². The Morgan fingerprint density at radius 3 is 1.80 bits per heavy atom. The lowest BCUT2D eigenvalue weighted by Gasteiger charge is -2.21. The summed E-state index contributed by atoms with van der Waals surface area (Å²) in [5.74, 6) is 0. The van der Waals surface area contributed by atoms with Gasteiger partial charge in [-0.15, -0.1) is 0 Å². The normalized spacial score (nSPS) is 14.5. The van der Waals surface area contributed by atoms with Gasteiger partial charge in [-0.1, -0.05) is 58.8 Å². The molecule has 0 fully saturated rings. The summed E-state index contributed by atoms with van der Waals surface area (Å²) in [6, 6.07) is 2.51. The van der Waals surface area contributed by atoms with Crippen molar-refractivity contribution >= 4 is 0 Å². The van der Waals surface area contributed by atoms with E-state index in [2.05, 4.69) is 26.8 Å². The molecule has 0 saturated heterocycles. The smallest absolute Gasteiger partial charge is 0.0686 e. The molecule has 0 aliphatic heterocycles. The third kappa shape index (κ3) is 7.42. The first kappa shape index (κ1) is 14.5. The predicted octanol–water partition coefficient (Wildman–Crippen LogP) is 5.07. The van der Waals surface area contributed by atoms with Crippen LogP contribution in [0.25, 0.3) is 0 Å². The van der Waals surface area contributed by atoms with E-state index < -0.39 is 0 Å². The molecule has 0 aromatic carbocycles. The third-order valence-electron chi connectivity index (χ3n) is 3.18. The highest BCUT2D eigenvalue weighted by atomic mass is 14.3. The van der Waals surface area contributed by atoms with Crippen LogP contribution >= 0.6 is 0 Å². The van der Waals surface area contributed by atoms with Gasteiger partial charge in [-0.2, -0.15) is 5.26 Å². The van der Waals surface area contributed by atoms with E-state index >= 15 is 0 Å². The van der Waals surface area contributed by atoms with Crippen LogP contribution in [0.15, 0.2) is 0 Å². The topological polar surface area (TPSA) is 23.8 Å². The second kappa shape index (κ2) is 8.77. The molecule has 1 heteroatoms. The first-order valence-electron chi connectivity index (χ1n) is 6.59. The molecule has 0 radical (unpaired) electrons. The maximum atomic E-state index is 9.19. The van der Waals surface area contributed by atoms with E-state index in [-0.39, 0.29) is 5.41 Å². The van der Waals surface area contributed by atoms with Crippen molar-refractivity contribution in [2.45, 2.75) is 78.6 Å². The minimum atomic E-state index is -0.0527. The molecule has 0 aromatic heterocycles. The second-order valence-electron chi connectivity index (χ2n) is 4.94. The van der Waals surface area contributed by atoms with E-state index in [0.717, 1.165) is 12.8 Å². The maximum Gasteiger partial charge on any atom is 0.0686 e. The van der Waals surface area contributed by atoms with Gasteiger partial charge in [-0.3, -0.25) is 0 Å². The van der Waals surface area contributed by atoms with Crippen LogP contribution in [0.5, 0.6) is 0 Å². The molecule has 0 N–H and O–H groups in total. The van der Waals surface area contributed by atoms with E-state index in [1.54, 1.807) is 0 Å². The largest absolute Gasteiger partial charge is 0.198 e. The summed E-state index contributed by atoms with van der Waals surface area (Å²) in [4.78, 5) is 0. The van der Waals surface area contributed by atoms with Gasteiger partial charge in [0.05, 0.1) is 11.5 Å². The minimum absolute atomic E-state index is 0.0527. The molecular formula is C14H27N. The summed E-state index contributed by atoms with van der Waals surface area (Å²) in [5, 5.41) is 9.19. The lowest BCUT2D eigenvalue weighted by atomic mass is 9.81. The molecule has 0 aliphatic carbocycles. The highest BCUT2D eigenvalue weighted by molar-refractivity contribution is 4.94. The van der Waals surface area contributed by atoms with Crippen LogP contribution in [0, 0.1) is 16.7 Å². The van der Waals surface area contributed by atoms with Gasteiger partial charge in [-0.05, 0) is 19.8 Å². The molecule has 0 spiro atoms. The monoisotopic (exact) mass is 209 g/mol. The van der Waals surface area contributed by atoms with Gasteiger partial charge in [-0.25, -0.2) is 0 Å². The number of nitriles is 1. The quantitative estimate of drug-likeness (QED) is 0.486. The van der Waals surface area contributed by atoms with Crippen LogP contribution in [0.3, 0.4) is 0 Å². The molecule has 0 aliphatic rings. The summed E-state index contributed by atoms with van der Waals surface area (Å²) in [6.07, 6.45) is 11.0. The fourth-order valence-corrected chi connectivity index (χ4v) is 1.94. The zero-order chi connectivity index (χ0) is 11.6. The van der Waals surface area contributed by atoms with Crippen LogP contribution in [-0.4, -0.2) is 0 Å². The lowest BCUT2D eigenvalue weighted by molar-refractivity contribution is 0.341. The van der Waals surface area contributed by atoms with Gasteiger partial charge in [0.2, 0.25) is 0 Å². The lowest BCUT2D eigenvalue weighted by Crippen LogP contribution is -2.13. The van der Waals surface area contributed by atoms with E-state index in [9.17, 15) is 5.26 Å². The standard InChI is InChI=1S/C14H27N/c1-4-6-8-10-12-14(3,13-15)11-9-7-5-2/h4-12H2,1-3H3. The van der Waals surface area contributed by atoms with Crippen molar-refractivity contribution < 1.29 is 0 Å². The molecule has 0 bridgehead atoms. The Morgan fingerprint density at radius 1 is 0.867 bits per heavy atom. The van der Waals surface area contributed by atoms with E-state index in [1.807, 2.05) is 0 Å². The Labute approximate surface area is 95.9 Å². The fraction of sp³-hybridized carbons (Fsp3) is 0.929. The average Bonchev–Trinajstić information content (AvgIpc) is 2.25. The number of nitrogens with zero attached hydrogens (tertiary/aromatic N) is 1. The number of hydrogen-bond acceptors (Lipinski definition) is 1. The summed E-state index contributed by atoms with van der Waals surface area (Å²) < 4.78 is 0. The van der Waals surface area contributed by atoms with E-state index in [0.29, 0.717) is 0 Å². The molecule has 0 heterocycles. The van der Waals surface area contributed by atoms with E-state index in [4.69, 9.17) is 0 Å². The van der Waals surface area contributed by atoms with Gasteiger partial charge in [0.25, 0.3) is 0 Å². The molecule has 1 unspecified atom stereocenters. The van der Waals surface area contributed by atoms with Crippen molar-refractivity contribution in [3.05, 3.63) is 0 Å².